The zero-order valence-electron chi connectivity index (χ0n) is 11.5. The lowest BCUT2D eigenvalue weighted by Gasteiger charge is -2.11. The lowest BCUT2D eigenvalue weighted by molar-refractivity contribution is 0.193. The fraction of sp³-hybridized carbons (Fsp3) is 0.571. The Morgan fingerprint density at radius 3 is 2.61 bits per heavy atom. The van der Waals surface area contributed by atoms with Gasteiger partial charge in [-0.25, -0.2) is 0 Å². The number of benzene rings is 1. The highest BCUT2D eigenvalue weighted by molar-refractivity contribution is 5.42. The maximum absolute atomic E-state index is 5.67. The summed E-state index contributed by atoms with van der Waals surface area (Å²) in [5.41, 5.74) is 1.16. The Morgan fingerprint density at radius 2 is 1.89 bits per heavy atom. The van der Waals surface area contributed by atoms with Crippen LogP contribution in [0.5, 0.6) is 11.5 Å². The molecule has 1 aromatic rings. The summed E-state index contributed by atoms with van der Waals surface area (Å²) in [6.07, 6.45) is 1.02. The first-order valence-corrected chi connectivity index (χ1v) is 6.25. The molecular formula is C14H23NO3. The van der Waals surface area contributed by atoms with E-state index in [-0.39, 0.29) is 0 Å². The molecule has 0 aromatic heterocycles. The van der Waals surface area contributed by atoms with E-state index in [4.69, 9.17) is 14.2 Å². The maximum Gasteiger partial charge on any atom is 0.161 e. The normalized spacial score (nSPS) is 10.4. The number of methoxy groups -OCH3 is 2. The van der Waals surface area contributed by atoms with Crippen molar-refractivity contribution in [1.82, 2.24) is 5.32 Å². The molecule has 0 spiro atoms. The maximum atomic E-state index is 5.67. The van der Waals surface area contributed by atoms with E-state index < -0.39 is 0 Å². The SMILES string of the molecule is COCCCNCCOc1ccc(C)cc1OC. The van der Waals surface area contributed by atoms with Crippen molar-refractivity contribution >= 4 is 0 Å². The molecule has 102 valence electrons. The highest BCUT2D eigenvalue weighted by Gasteiger charge is 2.03. The first-order valence-electron chi connectivity index (χ1n) is 6.25. The molecule has 1 N–H and O–H groups in total. The number of nitrogens with one attached hydrogen (secondary N) is 1. The molecule has 0 unspecified atom stereocenters. The van der Waals surface area contributed by atoms with Gasteiger partial charge in [-0.3, -0.25) is 0 Å². The molecule has 0 atom stereocenters. The molecule has 1 rings (SSSR count). The van der Waals surface area contributed by atoms with Crippen LogP contribution in [-0.4, -0.2) is 40.5 Å². The van der Waals surface area contributed by atoms with Crippen LogP contribution in [0.25, 0.3) is 0 Å². The first kappa shape index (κ1) is 14.8. The molecule has 4 nitrogen and oxygen atoms in total. The summed E-state index contributed by atoms with van der Waals surface area (Å²) in [5, 5.41) is 3.29. The molecule has 0 heterocycles. The molecule has 4 heteroatoms. The molecular weight excluding hydrogens is 230 g/mol. The van der Waals surface area contributed by atoms with Crippen molar-refractivity contribution in [3.63, 3.8) is 0 Å². The first-order chi connectivity index (χ1) is 8.77. The van der Waals surface area contributed by atoms with Crippen molar-refractivity contribution < 1.29 is 14.2 Å². The molecule has 0 aliphatic rings. The minimum absolute atomic E-state index is 0.631. The van der Waals surface area contributed by atoms with Crippen LogP contribution in [0.4, 0.5) is 0 Å². The summed E-state index contributed by atoms with van der Waals surface area (Å²) >= 11 is 0. The molecule has 0 radical (unpaired) electrons. The fourth-order valence-corrected chi connectivity index (χ4v) is 1.59. The lowest BCUT2D eigenvalue weighted by atomic mass is 10.2. The zero-order chi connectivity index (χ0) is 13.2. The number of hydrogen-bond acceptors (Lipinski definition) is 4. The second kappa shape index (κ2) is 8.78. The van der Waals surface area contributed by atoms with Crippen LogP contribution in [0.1, 0.15) is 12.0 Å². The summed E-state index contributed by atoms with van der Waals surface area (Å²) in [7, 11) is 3.37. The Morgan fingerprint density at radius 1 is 1.06 bits per heavy atom. The summed E-state index contributed by atoms with van der Waals surface area (Å²) in [4.78, 5) is 0. The molecule has 18 heavy (non-hydrogen) atoms. The van der Waals surface area contributed by atoms with Gasteiger partial charge in [0.15, 0.2) is 11.5 Å². The Labute approximate surface area is 109 Å². The molecule has 0 fully saturated rings. The van der Waals surface area contributed by atoms with E-state index in [2.05, 4.69) is 5.32 Å². The number of aryl methyl sites for hydroxylation is 1. The second-order valence-electron chi connectivity index (χ2n) is 4.10. The van der Waals surface area contributed by atoms with E-state index in [1.165, 1.54) is 0 Å². The molecule has 0 bridgehead atoms. The van der Waals surface area contributed by atoms with Gasteiger partial charge in [0.1, 0.15) is 6.61 Å². The monoisotopic (exact) mass is 253 g/mol. The van der Waals surface area contributed by atoms with Gasteiger partial charge >= 0.3 is 0 Å². The van der Waals surface area contributed by atoms with Crippen LogP contribution in [0, 0.1) is 6.92 Å². The average Bonchev–Trinajstić information content (AvgIpc) is 2.39. The Balaban J connectivity index is 2.22. The quantitative estimate of drug-likeness (QED) is 0.683. The van der Waals surface area contributed by atoms with E-state index in [0.717, 1.165) is 43.2 Å². The minimum atomic E-state index is 0.631. The van der Waals surface area contributed by atoms with Gasteiger partial charge in [-0.05, 0) is 37.6 Å². The number of ether oxygens (including phenoxy) is 3. The summed E-state index contributed by atoms with van der Waals surface area (Å²) in [5.74, 6) is 1.58. The predicted octanol–water partition coefficient (Wildman–Crippen LogP) is 2.01. The van der Waals surface area contributed by atoms with Crippen LogP contribution in [-0.2, 0) is 4.74 Å². The molecule has 1 aromatic carbocycles. The van der Waals surface area contributed by atoms with Crippen molar-refractivity contribution in [3.05, 3.63) is 23.8 Å². The van der Waals surface area contributed by atoms with E-state index in [1.807, 2.05) is 25.1 Å². The van der Waals surface area contributed by atoms with Crippen LogP contribution < -0.4 is 14.8 Å². The molecule has 0 aliphatic carbocycles. The highest BCUT2D eigenvalue weighted by Crippen LogP contribution is 2.27. The van der Waals surface area contributed by atoms with Gasteiger partial charge in [0.2, 0.25) is 0 Å². The fourth-order valence-electron chi connectivity index (χ4n) is 1.59. The van der Waals surface area contributed by atoms with Crippen LogP contribution in [0.2, 0.25) is 0 Å². The standard InChI is InChI=1S/C14H23NO3/c1-12-5-6-13(14(11-12)17-3)18-10-8-15-7-4-9-16-2/h5-6,11,15H,4,7-10H2,1-3H3. The van der Waals surface area contributed by atoms with E-state index >= 15 is 0 Å². The van der Waals surface area contributed by atoms with E-state index in [1.54, 1.807) is 14.2 Å². The highest BCUT2D eigenvalue weighted by atomic mass is 16.5. The van der Waals surface area contributed by atoms with Crippen molar-refractivity contribution in [1.29, 1.82) is 0 Å². The van der Waals surface area contributed by atoms with Gasteiger partial charge in [0, 0.05) is 20.3 Å². The molecule has 0 saturated carbocycles. The third kappa shape index (κ3) is 5.38. The van der Waals surface area contributed by atoms with Gasteiger partial charge in [-0.2, -0.15) is 0 Å². The summed E-state index contributed by atoms with van der Waals surface area (Å²) in [6.45, 7) is 5.22. The van der Waals surface area contributed by atoms with E-state index in [9.17, 15) is 0 Å². The minimum Gasteiger partial charge on any atom is -0.493 e. The molecule has 0 aliphatic heterocycles. The molecule has 0 saturated heterocycles. The van der Waals surface area contributed by atoms with Crippen LogP contribution in [0.15, 0.2) is 18.2 Å². The van der Waals surface area contributed by atoms with Gasteiger partial charge in [-0.1, -0.05) is 6.07 Å². The number of rotatable bonds is 9. The Hall–Kier alpha value is -1.26. The summed E-state index contributed by atoms with van der Waals surface area (Å²) < 4.78 is 15.9. The average molecular weight is 253 g/mol. The largest absolute Gasteiger partial charge is 0.493 e. The summed E-state index contributed by atoms with van der Waals surface area (Å²) in [6, 6.07) is 5.93. The topological polar surface area (TPSA) is 39.7 Å². The van der Waals surface area contributed by atoms with E-state index in [0.29, 0.717) is 6.61 Å². The van der Waals surface area contributed by atoms with Crippen molar-refractivity contribution in [2.24, 2.45) is 0 Å². The molecule has 0 amide bonds. The Kier molecular flexibility index (Phi) is 7.22. The van der Waals surface area contributed by atoms with Gasteiger partial charge < -0.3 is 19.5 Å². The van der Waals surface area contributed by atoms with Crippen LogP contribution in [0.3, 0.4) is 0 Å². The zero-order valence-corrected chi connectivity index (χ0v) is 11.5. The predicted molar refractivity (Wildman–Crippen MR) is 72.6 cm³/mol. The number of hydrogen-bond donors (Lipinski definition) is 1. The van der Waals surface area contributed by atoms with Gasteiger partial charge in [-0.15, -0.1) is 0 Å². The van der Waals surface area contributed by atoms with Gasteiger partial charge in [0.05, 0.1) is 7.11 Å². The van der Waals surface area contributed by atoms with Gasteiger partial charge in [0.25, 0.3) is 0 Å². The third-order valence-electron chi connectivity index (χ3n) is 2.56. The van der Waals surface area contributed by atoms with Crippen molar-refractivity contribution in [2.45, 2.75) is 13.3 Å². The third-order valence-corrected chi connectivity index (χ3v) is 2.56. The van der Waals surface area contributed by atoms with Crippen molar-refractivity contribution in [3.8, 4) is 11.5 Å². The lowest BCUT2D eigenvalue weighted by Crippen LogP contribution is -2.23. The Bertz CT molecular complexity index is 342. The smallest absolute Gasteiger partial charge is 0.161 e. The van der Waals surface area contributed by atoms with Crippen LogP contribution >= 0.6 is 0 Å². The van der Waals surface area contributed by atoms with Crippen molar-refractivity contribution in [2.75, 3.05) is 40.5 Å². The second-order valence-corrected chi connectivity index (χ2v) is 4.10.